The number of nitrogens with zero attached hydrogens (tertiary/aromatic N) is 2. The Hall–Kier alpha value is -2.39. The van der Waals surface area contributed by atoms with Crippen molar-refractivity contribution in [3.05, 3.63) is 35.4 Å². The summed E-state index contributed by atoms with van der Waals surface area (Å²) < 4.78 is 0. The van der Waals surface area contributed by atoms with Crippen LogP contribution in [0, 0.1) is 11.3 Å². The topological polar surface area (TPSA) is 85.2 Å². The first kappa shape index (κ1) is 15.7. The van der Waals surface area contributed by atoms with Gasteiger partial charge in [0.1, 0.15) is 0 Å². The maximum absolute atomic E-state index is 11.8. The zero-order valence-corrected chi connectivity index (χ0v) is 11.8. The molecule has 0 fully saturated rings. The lowest BCUT2D eigenvalue weighted by molar-refractivity contribution is -0.124. The summed E-state index contributed by atoms with van der Waals surface area (Å²) in [6.45, 7) is 2.23. The molecule has 0 spiro atoms. The normalized spacial score (nSPS) is 11.6. The average Bonchev–Trinajstić information content (AvgIpc) is 2.46. The van der Waals surface area contributed by atoms with E-state index in [0.29, 0.717) is 12.1 Å². The molecule has 0 aliphatic rings. The van der Waals surface area contributed by atoms with Crippen LogP contribution in [-0.4, -0.2) is 37.0 Å². The van der Waals surface area contributed by atoms with Gasteiger partial charge >= 0.3 is 6.03 Å². The lowest BCUT2D eigenvalue weighted by Crippen LogP contribution is -2.47. The van der Waals surface area contributed by atoms with Crippen molar-refractivity contribution in [2.24, 2.45) is 0 Å². The van der Waals surface area contributed by atoms with Gasteiger partial charge in [0.2, 0.25) is 5.91 Å². The van der Waals surface area contributed by atoms with E-state index < -0.39 is 12.1 Å². The standard InChI is InChI=1S/C14H18N4O2/c1-10(13(19)17-14(20)16-2)18(3)9-12-6-4-5-11(7-12)8-15/h4-7,10H,9H2,1-3H3,(H2,16,17,19,20)/t10-/m0/s1. The number of benzene rings is 1. The number of amides is 3. The quantitative estimate of drug-likeness (QED) is 0.851. The Labute approximate surface area is 118 Å². The van der Waals surface area contributed by atoms with E-state index in [4.69, 9.17) is 5.26 Å². The van der Waals surface area contributed by atoms with Crippen LogP contribution in [-0.2, 0) is 11.3 Å². The van der Waals surface area contributed by atoms with Crippen LogP contribution in [0.4, 0.5) is 4.79 Å². The lowest BCUT2D eigenvalue weighted by atomic mass is 10.1. The van der Waals surface area contributed by atoms with Crippen molar-refractivity contribution in [2.75, 3.05) is 14.1 Å². The molecule has 1 aromatic rings. The van der Waals surface area contributed by atoms with Gasteiger partial charge in [-0.05, 0) is 31.7 Å². The number of imide groups is 1. The minimum atomic E-state index is -0.526. The number of rotatable bonds is 4. The second kappa shape index (κ2) is 7.26. The van der Waals surface area contributed by atoms with Crippen molar-refractivity contribution < 1.29 is 9.59 Å². The predicted molar refractivity (Wildman–Crippen MR) is 74.7 cm³/mol. The van der Waals surface area contributed by atoms with E-state index in [2.05, 4.69) is 16.7 Å². The van der Waals surface area contributed by atoms with Crippen LogP contribution >= 0.6 is 0 Å². The number of nitriles is 1. The summed E-state index contributed by atoms with van der Waals surface area (Å²) >= 11 is 0. The van der Waals surface area contributed by atoms with Gasteiger partial charge in [0.15, 0.2) is 0 Å². The number of likely N-dealkylation sites (N-methyl/N-ethyl adjacent to an activating group) is 1. The van der Waals surface area contributed by atoms with E-state index in [1.54, 1.807) is 37.1 Å². The number of hydrogen-bond acceptors (Lipinski definition) is 4. The summed E-state index contributed by atoms with van der Waals surface area (Å²) in [6, 6.07) is 8.29. The third-order valence-corrected chi connectivity index (χ3v) is 2.99. The molecule has 3 amide bonds. The Bertz CT molecular complexity index is 536. The molecule has 0 aliphatic carbocycles. The van der Waals surface area contributed by atoms with Gasteiger partial charge in [0, 0.05) is 13.6 Å². The first-order valence-corrected chi connectivity index (χ1v) is 6.19. The van der Waals surface area contributed by atoms with Crippen molar-refractivity contribution in [3.8, 4) is 6.07 Å². The van der Waals surface area contributed by atoms with Crippen LogP contribution in [0.5, 0.6) is 0 Å². The van der Waals surface area contributed by atoms with Crippen LogP contribution in [0.3, 0.4) is 0 Å². The fourth-order valence-electron chi connectivity index (χ4n) is 1.64. The first-order valence-electron chi connectivity index (χ1n) is 6.19. The molecule has 0 heterocycles. The van der Waals surface area contributed by atoms with Gasteiger partial charge in [-0.2, -0.15) is 5.26 Å². The molecule has 6 heteroatoms. The summed E-state index contributed by atoms with van der Waals surface area (Å²) in [5, 5.41) is 13.4. The molecular formula is C14H18N4O2. The van der Waals surface area contributed by atoms with E-state index in [0.717, 1.165) is 5.56 Å². The molecule has 0 bridgehead atoms. The number of nitrogens with one attached hydrogen (secondary N) is 2. The van der Waals surface area contributed by atoms with Crippen molar-refractivity contribution in [3.63, 3.8) is 0 Å². The third kappa shape index (κ3) is 4.37. The minimum Gasteiger partial charge on any atom is -0.341 e. The number of hydrogen-bond donors (Lipinski definition) is 2. The number of urea groups is 1. The summed E-state index contributed by atoms with van der Waals surface area (Å²) in [7, 11) is 3.23. The number of carbonyl (C=O) groups is 2. The Morgan fingerprint density at radius 1 is 1.45 bits per heavy atom. The van der Waals surface area contributed by atoms with Crippen molar-refractivity contribution in [1.29, 1.82) is 5.26 Å². The smallest absolute Gasteiger partial charge is 0.321 e. The monoisotopic (exact) mass is 274 g/mol. The van der Waals surface area contributed by atoms with Crippen LogP contribution in [0.15, 0.2) is 24.3 Å². The second-order valence-corrected chi connectivity index (χ2v) is 4.47. The van der Waals surface area contributed by atoms with Gasteiger partial charge in [-0.15, -0.1) is 0 Å². The van der Waals surface area contributed by atoms with Crippen molar-refractivity contribution in [2.45, 2.75) is 19.5 Å². The molecular weight excluding hydrogens is 256 g/mol. The highest BCUT2D eigenvalue weighted by molar-refractivity contribution is 5.96. The Morgan fingerprint density at radius 2 is 2.15 bits per heavy atom. The second-order valence-electron chi connectivity index (χ2n) is 4.47. The first-order chi connectivity index (χ1) is 9.47. The fourth-order valence-corrected chi connectivity index (χ4v) is 1.64. The molecule has 20 heavy (non-hydrogen) atoms. The van der Waals surface area contributed by atoms with Gasteiger partial charge in [-0.25, -0.2) is 4.79 Å². The maximum atomic E-state index is 11.8. The van der Waals surface area contributed by atoms with E-state index in [-0.39, 0.29) is 5.91 Å². The minimum absolute atomic E-state index is 0.372. The number of carbonyl (C=O) groups excluding carboxylic acids is 2. The molecule has 0 saturated heterocycles. The maximum Gasteiger partial charge on any atom is 0.321 e. The van der Waals surface area contributed by atoms with Gasteiger partial charge in [0.25, 0.3) is 0 Å². The van der Waals surface area contributed by atoms with Crippen LogP contribution in [0.2, 0.25) is 0 Å². The molecule has 0 aliphatic heterocycles. The molecule has 0 radical (unpaired) electrons. The zero-order chi connectivity index (χ0) is 15.1. The third-order valence-electron chi connectivity index (χ3n) is 2.99. The van der Waals surface area contributed by atoms with E-state index in [1.807, 2.05) is 6.07 Å². The van der Waals surface area contributed by atoms with Gasteiger partial charge in [0.05, 0.1) is 17.7 Å². The molecule has 106 valence electrons. The zero-order valence-electron chi connectivity index (χ0n) is 11.8. The summed E-state index contributed by atoms with van der Waals surface area (Å²) in [5.41, 5.74) is 1.52. The Kier molecular flexibility index (Phi) is 5.69. The van der Waals surface area contributed by atoms with Crippen LogP contribution in [0.1, 0.15) is 18.1 Å². The van der Waals surface area contributed by atoms with Gasteiger partial charge < -0.3 is 5.32 Å². The highest BCUT2D eigenvalue weighted by Crippen LogP contribution is 2.09. The van der Waals surface area contributed by atoms with Crippen LogP contribution in [0.25, 0.3) is 0 Å². The molecule has 0 unspecified atom stereocenters. The highest BCUT2D eigenvalue weighted by Gasteiger charge is 2.19. The van der Waals surface area contributed by atoms with Crippen molar-refractivity contribution >= 4 is 11.9 Å². The van der Waals surface area contributed by atoms with Crippen LogP contribution < -0.4 is 10.6 Å². The molecule has 1 rings (SSSR count). The molecule has 1 aromatic carbocycles. The molecule has 6 nitrogen and oxygen atoms in total. The van der Waals surface area contributed by atoms with E-state index >= 15 is 0 Å². The lowest BCUT2D eigenvalue weighted by Gasteiger charge is -2.23. The van der Waals surface area contributed by atoms with Gasteiger partial charge in [-0.1, -0.05) is 12.1 Å². The summed E-state index contributed by atoms with van der Waals surface area (Å²) in [5.74, 6) is -0.372. The fraction of sp³-hybridized carbons (Fsp3) is 0.357. The Balaban J connectivity index is 2.65. The summed E-state index contributed by atoms with van der Waals surface area (Å²) in [4.78, 5) is 24.7. The highest BCUT2D eigenvalue weighted by atomic mass is 16.2. The summed E-state index contributed by atoms with van der Waals surface area (Å²) in [6.07, 6.45) is 0. The molecule has 1 atom stereocenters. The Morgan fingerprint density at radius 3 is 2.75 bits per heavy atom. The largest absolute Gasteiger partial charge is 0.341 e. The predicted octanol–water partition coefficient (Wildman–Crippen LogP) is 0.834. The molecule has 0 saturated carbocycles. The van der Waals surface area contributed by atoms with E-state index in [9.17, 15) is 9.59 Å². The van der Waals surface area contributed by atoms with E-state index in [1.165, 1.54) is 7.05 Å². The van der Waals surface area contributed by atoms with Gasteiger partial charge in [-0.3, -0.25) is 15.0 Å². The average molecular weight is 274 g/mol. The molecule has 0 aromatic heterocycles. The van der Waals surface area contributed by atoms with Crippen molar-refractivity contribution in [1.82, 2.24) is 15.5 Å². The SMILES string of the molecule is CNC(=O)NC(=O)[C@H](C)N(C)Cc1cccc(C#N)c1. The molecule has 2 N–H and O–H groups in total.